The molecule has 0 bridgehead atoms. The highest BCUT2D eigenvalue weighted by molar-refractivity contribution is 14.1. The van der Waals surface area contributed by atoms with Crippen LogP contribution in [0.25, 0.3) is 11.1 Å². The molecule has 1 aromatic heterocycles. The van der Waals surface area contributed by atoms with Gasteiger partial charge in [0.25, 0.3) is 0 Å². The molecule has 0 radical (unpaired) electrons. The molecule has 0 atom stereocenters. The molecule has 1 aliphatic rings. The predicted octanol–water partition coefficient (Wildman–Crippen LogP) is 2.33. The van der Waals surface area contributed by atoms with Gasteiger partial charge in [-0.3, -0.25) is 8.32 Å². The Morgan fingerprint density at radius 2 is 2.19 bits per heavy atom. The Bertz CT molecular complexity index is 527. The maximum Gasteiger partial charge on any atom is 0.244 e. The minimum atomic E-state index is -0.514. The van der Waals surface area contributed by atoms with Gasteiger partial charge in [-0.2, -0.15) is 0 Å². The van der Waals surface area contributed by atoms with Gasteiger partial charge < -0.3 is 4.42 Å². The lowest BCUT2D eigenvalue weighted by Gasteiger charge is -2.06. The first kappa shape index (κ1) is 10.1. The average molecular weight is 328 g/mol. The molecule has 1 N–H and O–H groups in total. The Kier molecular flexibility index (Phi) is 2.17. The van der Waals surface area contributed by atoms with Crippen LogP contribution < -0.4 is 3.53 Å². The van der Waals surface area contributed by atoms with Crippen molar-refractivity contribution in [2.45, 2.75) is 18.3 Å². The Morgan fingerprint density at radius 3 is 2.81 bits per heavy atom. The van der Waals surface area contributed by atoms with E-state index in [0.717, 1.165) is 23.9 Å². The summed E-state index contributed by atoms with van der Waals surface area (Å²) in [7, 11) is 0. The molecule has 0 aliphatic heterocycles. The molecule has 0 unspecified atom stereocenters. The second-order valence-corrected chi connectivity index (χ2v) is 4.53. The summed E-state index contributed by atoms with van der Waals surface area (Å²) in [6.45, 7) is 0. The van der Waals surface area contributed by atoms with Crippen molar-refractivity contribution < 1.29 is 9.21 Å². The first-order valence-corrected chi connectivity index (χ1v) is 6.11. The molecule has 3 rings (SSSR count). The van der Waals surface area contributed by atoms with Gasteiger partial charge in [-0.1, -0.05) is 12.1 Å². The Morgan fingerprint density at radius 1 is 1.44 bits per heavy atom. The standard InChI is InChI=1S/C11H9IN2O2/c12-14-9(15)11(5-6-11)10-13-7-3-1-2-4-8(7)16-10/h1-4H,5-6H2,(H,14,15). The summed E-state index contributed by atoms with van der Waals surface area (Å²) in [5.74, 6) is 0.530. The van der Waals surface area contributed by atoms with Gasteiger partial charge in [0.05, 0.1) is 22.9 Å². The fraction of sp³-hybridized carbons (Fsp3) is 0.273. The number of nitrogens with zero attached hydrogens (tertiary/aromatic N) is 1. The summed E-state index contributed by atoms with van der Waals surface area (Å²) in [5, 5.41) is 0. The maximum atomic E-state index is 11.8. The van der Waals surface area contributed by atoms with Gasteiger partial charge in [0.1, 0.15) is 10.9 Å². The number of oxazole rings is 1. The highest BCUT2D eigenvalue weighted by atomic mass is 127. The van der Waals surface area contributed by atoms with Crippen LogP contribution in [0.15, 0.2) is 28.7 Å². The second kappa shape index (κ2) is 3.44. The number of carbonyl (C=O) groups excluding carboxylic acids is 1. The molecular formula is C11H9IN2O2. The molecule has 1 aliphatic carbocycles. The molecule has 1 heterocycles. The summed E-state index contributed by atoms with van der Waals surface area (Å²) < 4.78 is 8.28. The van der Waals surface area contributed by atoms with Crippen LogP contribution in [0.2, 0.25) is 0 Å². The Balaban J connectivity index is 2.10. The third-order valence-corrected chi connectivity index (χ3v) is 3.46. The normalized spacial score (nSPS) is 17.3. The number of para-hydroxylation sites is 2. The van der Waals surface area contributed by atoms with Crippen molar-refractivity contribution in [1.82, 2.24) is 8.51 Å². The lowest BCUT2D eigenvalue weighted by atomic mass is 10.1. The van der Waals surface area contributed by atoms with Crippen LogP contribution >= 0.6 is 22.9 Å². The van der Waals surface area contributed by atoms with Crippen molar-refractivity contribution in [3.05, 3.63) is 30.2 Å². The number of amides is 1. The quantitative estimate of drug-likeness (QED) is 0.680. The SMILES string of the molecule is O=C(NI)C1(c2nc3ccccc3o2)CC1. The molecule has 1 aromatic carbocycles. The second-order valence-electron chi connectivity index (χ2n) is 3.99. The van der Waals surface area contributed by atoms with Crippen LogP contribution in [0.5, 0.6) is 0 Å². The zero-order valence-electron chi connectivity index (χ0n) is 8.37. The summed E-state index contributed by atoms with van der Waals surface area (Å²) in [6, 6.07) is 7.56. The number of carbonyl (C=O) groups is 1. The largest absolute Gasteiger partial charge is 0.440 e. The van der Waals surface area contributed by atoms with Crippen molar-refractivity contribution in [1.29, 1.82) is 0 Å². The Hall–Kier alpha value is -1.11. The topological polar surface area (TPSA) is 55.1 Å². The lowest BCUT2D eigenvalue weighted by Crippen LogP contribution is -2.28. The highest BCUT2D eigenvalue weighted by Gasteiger charge is 2.55. The van der Waals surface area contributed by atoms with Gasteiger partial charge in [-0.25, -0.2) is 4.98 Å². The minimum absolute atomic E-state index is 0.0142. The number of benzene rings is 1. The van der Waals surface area contributed by atoms with Crippen molar-refractivity contribution in [3.8, 4) is 0 Å². The molecule has 0 spiro atoms. The van der Waals surface area contributed by atoms with Gasteiger partial charge in [0, 0.05) is 0 Å². The number of nitrogens with one attached hydrogen (secondary N) is 1. The summed E-state index contributed by atoms with van der Waals surface area (Å²) >= 11 is 1.85. The van der Waals surface area contributed by atoms with Gasteiger partial charge in [0.2, 0.25) is 11.8 Å². The van der Waals surface area contributed by atoms with Crippen molar-refractivity contribution in [2.24, 2.45) is 0 Å². The van der Waals surface area contributed by atoms with Gasteiger partial charge in [-0.15, -0.1) is 0 Å². The number of rotatable bonds is 2. The third kappa shape index (κ3) is 1.34. The van der Waals surface area contributed by atoms with Crippen molar-refractivity contribution in [2.75, 3.05) is 0 Å². The molecular weight excluding hydrogens is 319 g/mol. The zero-order valence-corrected chi connectivity index (χ0v) is 10.5. The number of fused-ring (bicyclic) bond motifs is 1. The van der Waals surface area contributed by atoms with E-state index in [1.54, 1.807) is 0 Å². The van der Waals surface area contributed by atoms with E-state index in [9.17, 15) is 4.79 Å². The third-order valence-electron chi connectivity index (χ3n) is 2.97. The first-order chi connectivity index (χ1) is 7.76. The first-order valence-electron chi connectivity index (χ1n) is 5.03. The number of hydrogen-bond donors (Lipinski definition) is 1. The van der Waals surface area contributed by atoms with E-state index in [4.69, 9.17) is 4.42 Å². The van der Waals surface area contributed by atoms with Gasteiger partial charge >= 0.3 is 0 Å². The van der Waals surface area contributed by atoms with Crippen molar-refractivity contribution >= 4 is 39.9 Å². The monoisotopic (exact) mass is 328 g/mol. The van der Waals surface area contributed by atoms with E-state index in [2.05, 4.69) is 8.51 Å². The van der Waals surface area contributed by atoms with Crippen LogP contribution in [0, 0.1) is 0 Å². The van der Waals surface area contributed by atoms with Crippen LogP contribution in [-0.4, -0.2) is 10.9 Å². The summed E-state index contributed by atoms with van der Waals surface area (Å²) in [6.07, 6.45) is 1.63. The van der Waals surface area contributed by atoms with E-state index in [1.165, 1.54) is 0 Å². The Labute approximate surface area is 106 Å². The maximum absolute atomic E-state index is 11.8. The van der Waals surface area contributed by atoms with E-state index >= 15 is 0 Å². The van der Waals surface area contributed by atoms with Crippen LogP contribution in [0.1, 0.15) is 18.7 Å². The number of aromatic nitrogens is 1. The van der Waals surface area contributed by atoms with E-state index in [0.29, 0.717) is 5.89 Å². The lowest BCUT2D eigenvalue weighted by molar-refractivity contribution is -0.121. The number of hydrogen-bond acceptors (Lipinski definition) is 3. The summed E-state index contributed by atoms with van der Waals surface area (Å²) in [5.41, 5.74) is 1.04. The van der Waals surface area contributed by atoms with Gasteiger partial charge in [-0.05, 0) is 25.0 Å². The fourth-order valence-corrected chi connectivity index (χ4v) is 2.35. The molecule has 1 amide bonds. The van der Waals surface area contributed by atoms with E-state index < -0.39 is 5.41 Å². The zero-order chi connectivity index (χ0) is 11.2. The number of halogens is 1. The molecule has 1 fully saturated rings. The molecule has 5 heteroatoms. The minimum Gasteiger partial charge on any atom is -0.440 e. The smallest absolute Gasteiger partial charge is 0.244 e. The molecule has 82 valence electrons. The van der Waals surface area contributed by atoms with Crippen LogP contribution in [0.3, 0.4) is 0 Å². The van der Waals surface area contributed by atoms with Crippen molar-refractivity contribution in [3.63, 3.8) is 0 Å². The molecule has 0 saturated heterocycles. The summed E-state index contributed by atoms with van der Waals surface area (Å²) in [4.78, 5) is 16.1. The molecule has 1 saturated carbocycles. The van der Waals surface area contributed by atoms with E-state index in [1.807, 2.05) is 47.1 Å². The molecule has 2 aromatic rings. The van der Waals surface area contributed by atoms with Crippen LogP contribution in [-0.2, 0) is 10.2 Å². The average Bonchev–Trinajstić information content (AvgIpc) is 3.01. The fourth-order valence-electron chi connectivity index (χ4n) is 1.83. The van der Waals surface area contributed by atoms with E-state index in [-0.39, 0.29) is 5.91 Å². The molecule has 16 heavy (non-hydrogen) atoms. The van der Waals surface area contributed by atoms with Gasteiger partial charge in [0.15, 0.2) is 5.58 Å². The predicted molar refractivity (Wildman–Crippen MR) is 67.1 cm³/mol. The highest BCUT2D eigenvalue weighted by Crippen LogP contribution is 2.48. The van der Waals surface area contributed by atoms with Crippen LogP contribution in [0.4, 0.5) is 0 Å². The molecule has 4 nitrogen and oxygen atoms in total.